The maximum Gasteiger partial charge on any atom is 0.337 e. The summed E-state index contributed by atoms with van der Waals surface area (Å²) in [4.78, 5) is 23.6. The van der Waals surface area contributed by atoms with Gasteiger partial charge < -0.3 is 19.5 Å². The highest BCUT2D eigenvalue weighted by atomic mass is 16.5. The fraction of sp³-hybridized carbons (Fsp3) is 0.333. The SMILES string of the molecule is CCCOc1ccc(CCC(=O)Nc2ccc(C(=O)OC)cc2)cc1OC. The minimum Gasteiger partial charge on any atom is -0.493 e. The van der Waals surface area contributed by atoms with Crippen LogP contribution in [0.2, 0.25) is 0 Å². The number of rotatable bonds is 9. The molecule has 0 heterocycles. The second-order valence-corrected chi connectivity index (χ2v) is 5.95. The molecule has 2 aromatic rings. The zero-order valence-corrected chi connectivity index (χ0v) is 15.9. The van der Waals surface area contributed by atoms with Crippen LogP contribution >= 0.6 is 0 Å². The van der Waals surface area contributed by atoms with Crippen molar-refractivity contribution in [3.05, 3.63) is 53.6 Å². The molecular weight excluding hydrogens is 346 g/mol. The van der Waals surface area contributed by atoms with Crippen LogP contribution in [-0.2, 0) is 16.0 Å². The van der Waals surface area contributed by atoms with Crippen molar-refractivity contribution in [2.75, 3.05) is 26.1 Å². The molecule has 0 aliphatic rings. The zero-order valence-electron chi connectivity index (χ0n) is 15.9. The van der Waals surface area contributed by atoms with Gasteiger partial charge in [-0.3, -0.25) is 4.79 Å². The number of amides is 1. The lowest BCUT2D eigenvalue weighted by Crippen LogP contribution is -2.12. The molecule has 2 aromatic carbocycles. The van der Waals surface area contributed by atoms with Crippen LogP contribution in [0.4, 0.5) is 5.69 Å². The van der Waals surface area contributed by atoms with Crippen molar-refractivity contribution in [3.8, 4) is 11.5 Å². The summed E-state index contributed by atoms with van der Waals surface area (Å²) < 4.78 is 15.6. The number of carbonyl (C=O) groups excluding carboxylic acids is 2. The van der Waals surface area contributed by atoms with Crippen molar-refractivity contribution in [2.45, 2.75) is 26.2 Å². The van der Waals surface area contributed by atoms with E-state index in [0.717, 1.165) is 12.0 Å². The highest BCUT2D eigenvalue weighted by molar-refractivity contribution is 5.93. The number of carbonyl (C=O) groups is 2. The minimum atomic E-state index is -0.409. The number of esters is 1. The number of benzene rings is 2. The fourth-order valence-corrected chi connectivity index (χ4v) is 2.49. The first-order valence-corrected chi connectivity index (χ1v) is 8.85. The van der Waals surface area contributed by atoms with Gasteiger partial charge in [-0.05, 0) is 54.8 Å². The van der Waals surface area contributed by atoms with Crippen LogP contribution in [-0.4, -0.2) is 32.7 Å². The topological polar surface area (TPSA) is 73.9 Å². The predicted octanol–water partition coefficient (Wildman–Crippen LogP) is 3.84. The van der Waals surface area contributed by atoms with Crippen LogP contribution in [0, 0.1) is 0 Å². The maximum absolute atomic E-state index is 12.2. The Morgan fingerprint density at radius 3 is 2.37 bits per heavy atom. The smallest absolute Gasteiger partial charge is 0.337 e. The molecule has 0 unspecified atom stereocenters. The molecule has 0 saturated heterocycles. The van der Waals surface area contributed by atoms with Crippen molar-refractivity contribution in [1.29, 1.82) is 0 Å². The minimum absolute atomic E-state index is 0.105. The lowest BCUT2D eigenvalue weighted by Gasteiger charge is -2.12. The Morgan fingerprint density at radius 2 is 1.74 bits per heavy atom. The third kappa shape index (κ3) is 6.02. The Balaban J connectivity index is 1.90. The molecule has 1 amide bonds. The molecular formula is C21H25NO5. The van der Waals surface area contributed by atoms with Gasteiger partial charge in [-0.25, -0.2) is 4.79 Å². The van der Waals surface area contributed by atoms with Gasteiger partial charge in [0.2, 0.25) is 5.91 Å². The van der Waals surface area contributed by atoms with E-state index in [9.17, 15) is 9.59 Å². The van der Waals surface area contributed by atoms with E-state index in [4.69, 9.17) is 9.47 Å². The highest BCUT2D eigenvalue weighted by Crippen LogP contribution is 2.28. The van der Waals surface area contributed by atoms with Gasteiger partial charge in [-0.1, -0.05) is 13.0 Å². The summed E-state index contributed by atoms with van der Waals surface area (Å²) in [6, 6.07) is 12.3. The molecule has 2 rings (SSSR count). The van der Waals surface area contributed by atoms with E-state index in [1.165, 1.54) is 7.11 Å². The Bertz CT molecular complexity index is 771. The summed E-state index contributed by atoms with van der Waals surface area (Å²) in [5, 5.41) is 2.82. The Morgan fingerprint density at radius 1 is 1.00 bits per heavy atom. The van der Waals surface area contributed by atoms with Gasteiger partial charge in [0, 0.05) is 12.1 Å². The van der Waals surface area contributed by atoms with Crippen molar-refractivity contribution < 1.29 is 23.8 Å². The molecule has 0 atom stereocenters. The molecule has 0 aromatic heterocycles. The molecule has 0 saturated carbocycles. The van der Waals surface area contributed by atoms with E-state index in [2.05, 4.69) is 10.1 Å². The largest absolute Gasteiger partial charge is 0.493 e. The number of hydrogen-bond acceptors (Lipinski definition) is 5. The first-order chi connectivity index (χ1) is 13.1. The summed E-state index contributed by atoms with van der Waals surface area (Å²) in [5.74, 6) is 0.859. The summed E-state index contributed by atoms with van der Waals surface area (Å²) in [6.45, 7) is 2.68. The van der Waals surface area contributed by atoms with Gasteiger partial charge in [-0.2, -0.15) is 0 Å². The molecule has 0 aliphatic carbocycles. The van der Waals surface area contributed by atoms with Crippen molar-refractivity contribution >= 4 is 17.6 Å². The number of ether oxygens (including phenoxy) is 3. The number of methoxy groups -OCH3 is 2. The highest BCUT2D eigenvalue weighted by Gasteiger charge is 2.09. The predicted molar refractivity (Wildman–Crippen MR) is 104 cm³/mol. The van der Waals surface area contributed by atoms with Crippen LogP contribution in [0.5, 0.6) is 11.5 Å². The molecule has 0 radical (unpaired) electrons. The van der Waals surface area contributed by atoms with Crippen molar-refractivity contribution in [1.82, 2.24) is 0 Å². The first kappa shape index (κ1) is 20.3. The number of nitrogens with one attached hydrogen (secondary N) is 1. The van der Waals surface area contributed by atoms with E-state index >= 15 is 0 Å². The molecule has 6 heteroatoms. The van der Waals surface area contributed by atoms with Gasteiger partial charge >= 0.3 is 5.97 Å². The Labute approximate surface area is 159 Å². The van der Waals surface area contributed by atoms with Gasteiger partial charge in [0.15, 0.2) is 11.5 Å². The average molecular weight is 371 g/mol. The molecule has 144 valence electrons. The van der Waals surface area contributed by atoms with Gasteiger partial charge in [-0.15, -0.1) is 0 Å². The fourth-order valence-electron chi connectivity index (χ4n) is 2.49. The van der Waals surface area contributed by atoms with Crippen LogP contribution in [0.25, 0.3) is 0 Å². The van der Waals surface area contributed by atoms with Gasteiger partial charge in [0.1, 0.15) is 0 Å². The van der Waals surface area contributed by atoms with Crippen LogP contribution in [0.3, 0.4) is 0 Å². The molecule has 6 nitrogen and oxygen atoms in total. The molecule has 0 aliphatic heterocycles. The van der Waals surface area contributed by atoms with Gasteiger partial charge in [0.05, 0.1) is 26.4 Å². The maximum atomic E-state index is 12.2. The third-order valence-corrected chi connectivity index (χ3v) is 3.92. The molecule has 0 bridgehead atoms. The zero-order chi connectivity index (χ0) is 19.6. The van der Waals surface area contributed by atoms with E-state index in [1.807, 2.05) is 25.1 Å². The van der Waals surface area contributed by atoms with E-state index in [0.29, 0.717) is 42.2 Å². The summed E-state index contributed by atoms with van der Waals surface area (Å²) in [5.41, 5.74) is 2.06. The quantitative estimate of drug-likeness (QED) is 0.678. The standard InChI is InChI=1S/C21H25NO5/c1-4-13-27-18-11-5-15(14-19(18)25-2)6-12-20(23)22-17-9-7-16(8-10-17)21(24)26-3/h5,7-11,14H,4,6,12-13H2,1-3H3,(H,22,23). The lowest BCUT2D eigenvalue weighted by molar-refractivity contribution is -0.116. The normalized spacial score (nSPS) is 10.2. The van der Waals surface area contributed by atoms with E-state index in [-0.39, 0.29) is 5.91 Å². The summed E-state index contributed by atoms with van der Waals surface area (Å²) >= 11 is 0. The third-order valence-electron chi connectivity index (χ3n) is 3.92. The lowest BCUT2D eigenvalue weighted by atomic mass is 10.1. The molecule has 0 spiro atoms. The van der Waals surface area contributed by atoms with Crippen molar-refractivity contribution in [3.63, 3.8) is 0 Å². The number of hydrogen-bond donors (Lipinski definition) is 1. The molecule has 0 fully saturated rings. The van der Waals surface area contributed by atoms with Crippen LogP contribution < -0.4 is 14.8 Å². The Kier molecular flexibility index (Phi) is 7.67. The second kappa shape index (κ2) is 10.2. The second-order valence-electron chi connectivity index (χ2n) is 5.95. The average Bonchev–Trinajstić information content (AvgIpc) is 2.70. The summed E-state index contributed by atoms with van der Waals surface area (Å²) in [6.07, 6.45) is 1.83. The van der Waals surface area contributed by atoms with Crippen molar-refractivity contribution in [2.24, 2.45) is 0 Å². The molecule has 1 N–H and O–H groups in total. The Hall–Kier alpha value is -3.02. The van der Waals surface area contributed by atoms with E-state index < -0.39 is 5.97 Å². The summed E-state index contributed by atoms with van der Waals surface area (Å²) in [7, 11) is 2.93. The number of aryl methyl sites for hydroxylation is 1. The monoisotopic (exact) mass is 371 g/mol. The van der Waals surface area contributed by atoms with Crippen LogP contribution in [0.1, 0.15) is 35.7 Å². The van der Waals surface area contributed by atoms with Gasteiger partial charge in [0.25, 0.3) is 0 Å². The number of anilines is 1. The van der Waals surface area contributed by atoms with Crippen LogP contribution in [0.15, 0.2) is 42.5 Å². The van der Waals surface area contributed by atoms with E-state index in [1.54, 1.807) is 31.4 Å². The molecule has 27 heavy (non-hydrogen) atoms. The first-order valence-electron chi connectivity index (χ1n) is 8.85.